The molecule has 2 aromatic carbocycles. The number of unbranched alkanes of at least 4 members (excludes halogenated alkanes) is 1. The van der Waals surface area contributed by atoms with E-state index in [1.807, 2.05) is 30.5 Å². The fraction of sp³-hybridized carbons (Fsp3) is 0.269. The summed E-state index contributed by atoms with van der Waals surface area (Å²) in [4.78, 5) is 17.5. The minimum atomic E-state index is -0.572. The average molecular weight is 510 g/mol. The lowest BCUT2D eigenvalue weighted by Gasteiger charge is -2.13. The lowest BCUT2D eigenvalue weighted by molar-refractivity contribution is 0.0991. The second-order valence-electron chi connectivity index (χ2n) is 8.34. The predicted octanol–water partition coefficient (Wildman–Crippen LogP) is 6.42. The summed E-state index contributed by atoms with van der Waals surface area (Å²) in [6.45, 7) is 6.48. The van der Waals surface area contributed by atoms with E-state index in [2.05, 4.69) is 58.2 Å². The van der Waals surface area contributed by atoms with Crippen LogP contribution in [0, 0.1) is 13.8 Å². The van der Waals surface area contributed by atoms with E-state index in [0.717, 1.165) is 57.9 Å². The van der Waals surface area contributed by atoms with Crippen LogP contribution in [0.2, 0.25) is 5.15 Å². The van der Waals surface area contributed by atoms with Crippen molar-refractivity contribution < 1.29 is 9.32 Å². The molecule has 0 saturated carbocycles. The highest BCUT2D eigenvalue weighted by Gasteiger charge is 2.20. The van der Waals surface area contributed by atoms with E-state index in [4.69, 9.17) is 21.9 Å². The summed E-state index contributed by atoms with van der Waals surface area (Å²) in [6.07, 6.45) is 2.72. The van der Waals surface area contributed by atoms with E-state index >= 15 is 0 Å². The van der Waals surface area contributed by atoms with Crippen LogP contribution in [0.5, 0.6) is 0 Å². The Labute approximate surface area is 214 Å². The number of anilines is 1. The third kappa shape index (κ3) is 5.55. The highest BCUT2D eigenvalue weighted by Crippen LogP contribution is 2.33. The summed E-state index contributed by atoms with van der Waals surface area (Å²) in [5.41, 5.74) is 10.9. The number of benzene rings is 2. The number of amides is 1. The van der Waals surface area contributed by atoms with Gasteiger partial charge in [0.1, 0.15) is 11.5 Å². The zero-order valence-electron chi connectivity index (χ0n) is 20.0. The molecular formula is C26H28ClN5O2S. The Morgan fingerprint density at radius 2 is 1.91 bits per heavy atom. The van der Waals surface area contributed by atoms with E-state index in [1.54, 1.807) is 0 Å². The number of nitrogens with two attached hydrogens (primary N) is 1. The number of primary amides is 1. The van der Waals surface area contributed by atoms with Crippen LogP contribution in [0.15, 0.2) is 57.9 Å². The van der Waals surface area contributed by atoms with Crippen molar-refractivity contribution >= 4 is 35.3 Å². The van der Waals surface area contributed by atoms with Crippen molar-refractivity contribution in [3.63, 3.8) is 0 Å². The van der Waals surface area contributed by atoms with Crippen molar-refractivity contribution in [1.82, 2.24) is 14.7 Å². The maximum absolute atomic E-state index is 12.0. The quantitative estimate of drug-likeness (QED) is 0.239. The number of hydrogen-bond acceptors (Lipinski definition) is 6. The van der Waals surface area contributed by atoms with Crippen molar-refractivity contribution in [3.05, 3.63) is 82.0 Å². The SMILES string of the molecule is CCCCc1nc(Cl)c(C(N)=O)n1Cc1ccc(-c2ccccc2SNc2onc(C)c2C)cc1. The molecule has 9 heteroatoms. The van der Waals surface area contributed by atoms with E-state index < -0.39 is 5.91 Å². The van der Waals surface area contributed by atoms with Gasteiger partial charge < -0.3 is 14.8 Å². The minimum Gasteiger partial charge on any atom is -0.364 e. The minimum absolute atomic E-state index is 0.163. The predicted molar refractivity (Wildman–Crippen MR) is 141 cm³/mol. The van der Waals surface area contributed by atoms with Crippen molar-refractivity contribution in [2.75, 3.05) is 4.72 Å². The van der Waals surface area contributed by atoms with Crippen LogP contribution in [-0.4, -0.2) is 20.6 Å². The Morgan fingerprint density at radius 3 is 2.57 bits per heavy atom. The largest absolute Gasteiger partial charge is 0.364 e. The zero-order chi connectivity index (χ0) is 24.9. The number of aromatic nitrogens is 3. The molecule has 0 radical (unpaired) electrons. The summed E-state index contributed by atoms with van der Waals surface area (Å²) < 4.78 is 10.5. The van der Waals surface area contributed by atoms with Gasteiger partial charge in [0.05, 0.1) is 5.69 Å². The number of imidazole rings is 1. The number of carbonyl (C=O) groups excluding carboxylic acids is 1. The molecule has 7 nitrogen and oxygen atoms in total. The Hall–Kier alpha value is -3.23. The molecule has 1 amide bonds. The van der Waals surface area contributed by atoms with Crippen LogP contribution in [0.25, 0.3) is 11.1 Å². The number of nitrogens with one attached hydrogen (secondary N) is 1. The van der Waals surface area contributed by atoms with Crippen LogP contribution in [-0.2, 0) is 13.0 Å². The fourth-order valence-corrected chi connectivity index (χ4v) is 4.90. The first-order valence-electron chi connectivity index (χ1n) is 11.5. The molecule has 35 heavy (non-hydrogen) atoms. The Balaban J connectivity index is 1.56. The molecule has 182 valence electrons. The third-order valence-corrected chi connectivity index (χ3v) is 7.02. The molecule has 0 bridgehead atoms. The van der Waals surface area contributed by atoms with Crippen molar-refractivity contribution in [2.24, 2.45) is 5.73 Å². The van der Waals surface area contributed by atoms with Crippen LogP contribution in [0.3, 0.4) is 0 Å². The normalized spacial score (nSPS) is 11.1. The maximum atomic E-state index is 12.0. The number of rotatable bonds is 10. The topological polar surface area (TPSA) is 99.0 Å². The molecule has 0 aliphatic heterocycles. The Kier molecular flexibility index (Phi) is 7.83. The molecule has 2 heterocycles. The lowest BCUT2D eigenvalue weighted by Crippen LogP contribution is -2.19. The third-order valence-electron chi connectivity index (χ3n) is 5.89. The monoisotopic (exact) mass is 509 g/mol. The van der Waals surface area contributed by atoms with E-state index in [9.17, 15) is 4.79 Å². The molecule has 0 aliphatic rings. The standard InChI is InChI=1S/C26H28ClN5O2S/c1-4-5-10-22-29-24(27)23(25(28)33)32(22)15-18-11-13-19(14-12-18)20-8-6-7-9-21(20)35-31-26-16(2)17(3)30-34-26/h6-9,11-14,31H,4-5,10,15H2,1-3H3,(H2,28,33). The molecular weight excluding hydrogens is 482 g/mol. The summed E-state index contributed by atoms with van der Waals surface area (Å²) in [7, 11) is 0. The van der Waals surface area contributed by atoms with Crippen LogP contribution in [0.1, 0.15) is 52.9 Å². The van der Waals surface area contributed by atoms with Crippen molar-refractivity contribution in [3.8, 4) is 11.1 Å². The number of halogens is 1. The molecule has 0 fully saturated rings. The summed E-state index contributed by atoms with van der Waals surface area (Å²) >= 11 is 7.73. The van der Waals surface area contributed by atoms with Gasteiger partial charge in [0.15, 0.2) is 5.15 Å². The molecule has 4 aromatic rings. The van der Waals surface area contributed by atoms with Crippen LogP contribution >= 0.6 is 23.5 Å². The average Bonchev–Trinajstić information content (AvgIpc) is 3.34. The fourth-order valence-electron chi connectivity index (χ4n) is 3.78. The van der Waals surface area contributed by atoms with E-state index in [0.29, 0.717) is 12.4 Å². The van der Waals surface area contributed by atoms with Gasteiger partial charge in [-0.05, 0) is 55.0 Å². The summed E-state index contributed by atoms with van der Waals surface area (Å²) in [5.74, 6) is 0.860. The number of carbonyl (C=O) groups is 1. The van der Waals surface area contributed by atoms with Gasteiger partial charge >= 0.3 is 0 Å². The number of aryl methyl sites for hydroxylation is 2. The smallest absolute Gasteiger partial charge is 0.268 e. The number of hydrogen-bond donors (Lipinski definition) is 2. The molecule has 0 saturated heterocycles. The van der Waals surface area contributed by atoms with Crippen molar-refractivity contribution in [2.45, 2.75) is 51.5 Å². The zero-order valence-corrected chi connectivity index (χ0v) is 21.5. The van der Waals surface area contributed by atoms with Gasteiger partial charge in [0.2, 0.25) is 5.88 Å². The molecule has 0 spiro atoms. The Morgan fingerprint density at radius 1 is 1.17 bits per heavy atom. The molecule has 4 rings (SSSR count). The second kappa shape index (κ2) is 11.0. The maximum Gasteiger partial charge on any atom is 0.268 e. The van der Waals surface area contributed by atoms with Crippen LogP contribution < -0.4 is 10.5 Å². The van der Waals surface area contributed by atoms with E-state index in [-0.39, 0.29) is 10.8 Å². The first-order chi connectivity index (χ1) is 16.9. The van der Waals surface area contributed by atoms with Gasteiger partial charge in [0.25, 0.3) is 5.91 Å². The molecule has 0 unspecified atom stereocenters. The lowest BCUT2D eigenvalue weighted by atomic mass is 10.0. The van der Waals surface area contributed by atoms with Gasteiger partial charge in [-0.3, -0.25) is 9.52 Å². The highest BCUT2D eigenvalue weighted by atomic mass is 35.5. The van der Waals surface area contributed by atoms with Crippen LogP contribution in [0.4, 0.5) is 5.88 Å². The van der Waals surface area contributed by atoms with Gasteiger partial charge in [0, 0.05) is 23.4 Å². The van der Waals surface area contributed by atoms with Gasteiger partial charge in [-0.1, -0.05) is 72.6 Å². The summed E-state index contributed by atoms with van der Waals surface area (Å²) in [6, 6.07) is 16.4. The van der Waals surface area contributed by atoms with Gasteiger partial charge in [-0.2, -0.15) is 0 Å². The summed E-state index contributed by atoms with van der Waals surface area (Å²) in [5, 5.41) is 4.16. The van der Waals surface area contributed by atoms with E-state index in [1.165, 1.54) is 11.9 Å². The second-order valence-corrected chi connectivity index (χ2v) is 9.55. The first kappa shape index (κ1) is 24.9. The molecule has 3 N–H and O–H groups in total. The molecule has 2 aromatic heterocycles. The molecule has 0 atom stereocenters. The Bertz CT molecular complexity index is 1330. The highest BCUT2D eigenvalue weighted by molar-refractivity contribution is 8.00. The van der Waals surface area contributed by atoms with Crippen molar-refractivity contribution in [1.29, 1.82) is 0 Å². The number of nitrogens with zero attached hydrogens (tertiary/aromatic N) is 3. The van der Waals surface area contributed by atoms with Gasteiger partial charge in [-0.15, -0.1) is 0 Å². The first-order valence-corrected chi connectivity index (χ1v) is 12.7. The van der Waals surface area contributed by atoms with Gasteiger partial charge in [-0.25, -0.2) is 4.98 Å². The molecule has 0 aliphatic carbocycles.